The maximum absolute atomic E-state index is 12.3. The zero-order valence-corrected chi connectivity index (χ0v) is 9.45. The van der Waals surface area contributed by atoms with Crippen molar-refractivity contribution in [1.29, 1.82) is 0 Å². The van der Waals surface area contributed by atoms with Crippen molar-refractivity contribution >= 4 is 31.9 Å². The van der Waals surface area contributed by atoms with Crippen LogP contribution >= 0.6 is 31.9 Å². The zero-order chi connectivity index (χ0) is 10.0. The van der Waals surface area contributed by atoms with Gasteiger partial charge in [0.1, 0.15) is 0 Å². The molecule has 1 rings (SSSR count). The summed E-state index contributed by atoms with van der Waals surface area (Å²) in [7, 11) is 0. The van der Waals surface area contributed by atoms with E-state index in [4.69, 9.17) is 0 Å². The fraction of sp³-hybridized carbons (Fsp3) is 0.286. The Kier molecular flexibility index (Phi) is 3.61. The van der Waals surface area contributed by atoms with Gasteiger partial charge in [-0.05, 0) is 22.0 Å². The Labute approximate surface area is 89.6 Å². The first-order valence-electron chi connectivity index (χ1n) is 3.32. The molecule has 0 fully saturated rings. The first kappa shape index (κ1) is 10.8. The topological polar surface area (TPSA) is 32.9 Å². The number of halogens is 4. The molecule has 0 aliphatic heterocycles. The summed E-state index contributed by atoms with van der Waals surface area (Å²) in [5.74, 6) is 0. The number of H-pyrrole nitrogens is 1. The minimum Gasteiger partial charge on any atom is -0.316 e. The maximum atomic E-state index is 12.3. The lowest BCUT2D eigenvalue weighted by atomic mass is 10.2. The monoisotopic (exact) mass is 315 g/mol. The molecule has 0 saturated carbocycles. The molecule has 1 aromatic heterocycles. The van der Waals surface area contributed by atoms with E-state index in [2.05, 4.69) is 36.8 Å². The van der Waals surface area contributed by atoms with Gasteiger partial charge in [-0.1, -0.05) is 15.9 Å². The molecule has 0 atom stereocenters. The van der Waals surface area contributed by atoms with Crippen LogP contribution in [0.1, 0.15) is 17.6 Å². The molecular formula is C7H5Br2F2NO. The molecule has 1 aromatic rings. The highest BCUT2D eigenvalue weighted by Gasteiger charge is 2.14. The van der Waals surface area contributed by atoms with E-state index < -0.39 is 6.43 Å². The molecule has 0 unspecified atom stereocenters. The summed E-state index contributed by atoms with van der Waals surface area (Å²) in [6, 6.07) is 1.18. The summed E-state index contributed by atoms with van der Waals surface area (Å²) >= 11 is 5.90. The normalized spacial score (nSPS) is 10.8. The first-order chi connectivity index (χ1) is 6.06. The summed E-state index contributed by atoms with van der Waals surface area (Å²) in [5.41, 5.74) is -0.277. The van der Waals surface area contributed by atoms with Crippen molar-refractivity contribution in [3.63, 3.8) is 0 Å². The molecule has 0 saturated heterocycles. The number of hydrogen-bond donors (Lipinski definition) is 1. The highest BCUT2D eigenvalue weighted by atomic mass is 79.9. The van der Waals surface area contributed by atoms with Crippen LogP contribution in [0.5, 0.6) is 0 Å². The van der Waals surface area contributed by atoms with Crippen LogP contribution in [0.25, 0.3) is 0 Å². The number of aromatic amines is 1. The number of hydrogen-bond acceptors (Lipinski definition) is 1. The van der Waals surface area contributed by atoms with Gasteiger partial charge in [0.15, 0.2) is 0 Å². The summed E-state index contributed by atoms with van der Waals surface area (Å²) in [4.78, 5) is 13.4. The summed E-state index contributed by atoms with van der Waals surface area (Å²) in [6.07, 6.45) is -2.59. The Hall–Kier alpha value is -0.230. The van der Waals surface area contributed by atoms with E-state index in [0.29, 0.717) is 5.56 Å². The molecular weight excluding hydrogens is 312 g/mol. The van der Waals surface area contributed by atoms with E-state index in [-0.39, 0.29) is 21.1 Å². The molecule has 6 heteroatoms. The largest absolute Gasteiger partial charge is 0.316 e. The third-order valence-corrected chi connectivity index (χ3v) is 2.74. The van der Waals surface area contributed by atoms with Crippen molar-refractivity contribution in [1.82, 2.24) is 4.98 Å². The fourth-order valence-corrected chi connectivity index (χ4v) is 1.71. The van der Waals surface area contributed by atoms with Gasteiger partial charge in [0.2, 0.25) is 0 Å². The van der Waals surface area contributed by atoms with Crippen LogP contribution in [0.2, 0.25) is 0 Å². The first-order valence-corrected chi connectivity index (χ1v) is 5.23. The van der Waals surface area contributed by atoms with E-state index in [0.717, 1.165) is 0 Å². The molecule has 1 heterocycles. The van der Waals surface area contributed by atoms with E-state index in [1.165, 1.54) is 6.07 Å². The lowest BCUT2D eigenvalue weighted by molar-refractivity contribution is 0.150. The SMILES string of the molecule is O=c1[nH]c(Br)c(C(F)F)cc1CBr. The number of nitrogens with one attached hydrogen (secondary N) is 1. The standard InChI is InChI=1S/C7H5Br2F2NO/c8-2-3-1-4(6(10)11)5(9)12-7(3)13/h1,6H,2H2,(H,12,13). The Morgan fingerprint density at radius 1 is 1.54 bits per heavy atom. The maximum Gasteiger partial charge on any atom is 0.266 e. The lowest BCUT2D eigenvalue weighted by Gasteiger charge is -2.04. The van der Waals surface area contributed by atoms with Crippen LogP contribution in [0.4, 0.5) is 8.78 Å². The molecule has 1 N–H and O–H groups in total. The van der Waals surface area contributed by atoms with Crippen LogP contribution in [0.15, 0.2) is 15.5 Å². The van der Waals surface area contributed by atoms with Gasteiger partial charge in [0.05, 0.1) is 4.60 Å². The van der Waals surface area contributed by atoms with Crippen molar-refractivity contribution in [3.8, 4) is 0 Å². The Balaban J connectivity index is 3.31. The predicted octanol–water partition coefficient (Wildman–Crippen LogP) is 2.97. The molecule has 0 aliphatic rings. The average Bonchev–Trinajstić information content (AvgIpc) is 2.03. The van der Waals surface area contributed by atoms with Gasteiger partial charge in [-0.2, -0.15) is 0 Å². The van der Waals surface area contributed by atoms with Gasteiger partial charge >= 0.3 is 0 Å². The van der Waals surface area contributed by atoms with Crippen LogP contribution in [-0.2, 0) is 5.33 Å². The average molecular weight is 317 g/mol. The molecule has 0 aromatic carbocycles. The highest BCUT2D eigenvalue weighted by Crippen LogP contribution is 2.25. The second-order valence-corrected chi connectivity index (χ2v) is 3.68. The van der Waals surface area contributed by atoms with E-state index in [9.17, 15) is 13.6 Å². The second-order valence-electron chi connectivity index (χ2n) is 2.33. The molecule has 0 spiro atoms. The van der Waals surface area contributed by atoms with Gasteiger partial charge in [0.25, 0.3) is 12.0 Å². The Morgan fingerprint density at radius 2 is 2.15 bits per heavy atom. The van der Waals surface area contributed by atoms with Crippen molar-refractivity contribution in [2.24, 2.45) is 0 Å². The van der Waals surface area contributed by atoms with Crippen LogP contribution in [-0.4, -0.2) is 4.98 Å². The lowest BCUT2D eigenvalue weighted by Crippen LogP contribution is -2.12. The van der Waals surface area contributed by atoms with Crippen molar-refractivity contribution in [2.45, 2.75) is 11.8 Å². The van der Waals surface area contributed by atoms with Gasteiger partial charge in [-0.15, -0.1) is 0 Å². The Morgan fingerprint density at radius 3 is 2.62 bits per heavy atom. The minimum absolute atomic E-state index is 0.0391. The second kappa shape index (κ2) is 4.32. The van der Waals surface area contributed by atoms with Crippen molar-refractivity contribution in [3.05, 3.63) is 32.2 Å². The van der Waals surface area contributed by atoms with Crippen LogP contribution in [0.3, 0.4) is 0 Å². The quantitative estimate of drug-likeness (QED) is 0.660. The molecule has 2 nitrogen and oxygen atoms in total. The fourth-order valence-electron chi connectivity index (χ4n) is 0.827. The predicted molar refractivity (Wildman–Crippen MR) is 52.4 cm³/mol. The molecule has 0 amide bonds. The number of alkyl halides is 3. The molecule has 72 valence electrons. The molecule has 0 bridgehead atoms. The van der Waals surface area contributed by atoms with Gasteiger partial charge in [-0.3, -0.25) is 4.79 Å². The highest BCUT2D eigenvalue weighted by molar-refractivity contribution is 9.10. The smallest absolute Gasteiger partial charge is 0.266 e. The van der Waals surface area contributed by atoms with E-state index in [1.807, 2.05) is 0 Å². The number of pyridine rings is 1. The van der Waals surface area contributed by atoms with Gasteiger partial charge in [-0.25, -0.2) is 8.78 Å². The van der Waals surface area contributed by atoms with Crippen molar-refractivity contribution in [2.75, 3.05) is 0 Å². The van der Waals surface area contributed by atoms with Gasteiger partial charge in [0, 0.05) is 16.5 Å². The Bertz CT molecular complexity index is 364. The van der Waals surface area contributed by atoms with Crippen molar-refractivity contribution < 1.29 is 8.78 Å². The number of rotatable bonds is 2. The number of aromatic nitrogens is 1. The summed E-state index contributed by atoms with van der Waals surface area (Å²) in [6.45, 7) is 0. The van der Waals surface area contributed by atoms with E-state index >= 15 is 0 Å². The minimum atomic E-state index is -2.59. The molecule has 0 radical (unpaired) electrons. The molecule has 0 aliphatic carbocycles. The molecule has 13 heavy (non-hydrogen) atoms. The third kappa shape index (κ3) is 2.37. The van der Waals surface area contributed by atoms with Gasteiger partial charge < -0.3 is 4.98 Å². The summed E-state index contributed by atoms with van der Waals surface area (Å²) < 4.78 is 24.7. The van der Waals surface area contributed by atoms with E-state index in [1.54, 1.807) is 0 Å². The summed E-state index contributed by atoms with van der Waals surface area (Å²) in [5, 5.41) is 0.259. The third-order valence-electron chi connectivity index (χ3n) is 1.48. The van der Waals surface area contributed by atoms with Crippen LogP contribution in [0, 0.1) is 0 Å². The van der Waals surface area contributed by atoms with Crippen LogP contribution < -0.4 is 5.56 Å². The zero-order valence-electron chi connectivity index (χ0n) is 6.28.